The molecule has 0 bridgehead atoms. The predicted octanol–water partition coefficient (Wildman–Crippen LogP) is 5.12. The Labute approximate surface area is 246 Å². The van der Waals surface area contributed by atoms with Crippen molar-refractivity contribution in [3.8, 4) is 6.07 Å². The van der Waals surface area contributed by atoms with Gasteiger partial charge in [-0.3, -0.25) is 14.4 Å². The Hall–Kier alpha value is -3.97. The average molecular weight is 594 g/mol. The lowest BCUT2D eigenvalue weighted by Gasteiger charge is -2.37. The molecule has 3 aromatic carbocycles. The Morgan fingerprint density at radius 3 is 2.51 bits per heavy atom. The molecule has 5 rings (SSSR count). The van der Waals surface area contributed by atoms with Crippen LogP contribution in [-0.4, -0.2) is 29.8 Å². The number of carbonyl (C=O) groups is 3. The topological polar surface area (TPSA) is 137 Å². The fourth-order valence-electron chi connectivity index (χ4n) is 6.03. The molecule has 2 aliphatic heterocycles. The monoisotopic (exact) mass is 593 g/mol. The first-order valence-corrected chi connectivity index (χ1v) is 13.6. The molecule has 4 atom stereocenters. The van der Waals surface area contributed by atoms with Gasteiger partial charge in [-0.05, 0) is 73.9 Å². The van der Waals surface area contributed by atoms with Gasteiger partial charge in [-0.25, -0.2) is 4.39 Å². The number of nitrogens with one attached hydrogen (secondary N) is 3. The van der Waals surface area contributed by atoms with Crippen LogP contribution < -0.4 is 21.7 Å². The first kappa shape index (κ1) is 28.6. The van der Waals surface area contributed by atoms with Crippen molar-refractivity contribution in [3.63, 3.8) is 0 Å². The molecule has 0 unspecified atom stereocenters. The molecule has 2 aliphatic rings. The smallest absolute Gasteiger partial charge is 0.248 e. The van der Waals surface area contributed by atoms with Crippen LogP contribution in [0.5, 0.6) is 0 Å². The van der Waals surface area contributed by atoms with Gasteiger partial charge in [0.05, 0.1) is 22.5 Å². The van der Waals surface area contributed by atoms with Crippen LogP contribution >= 0.6 is 23.2 Å². The van der Waals surface area contributed by atoms with E-state index < -0.39 is 52.4 Å². The summed E-state index contributed by atoms with van der Waals surface area (Å²) < 4.78 is 15.8. The molecule has 0 aromatic heterocycles. The number of amides is 3. The number of hydrogen-bond donors (Lipinski definition) is 4. The number of benzene rings is 3. The highest BCUT2D eigenvalue weighted by atomic mass is 35.5. The zero-order valence-electron chi connectivity index (χ0n) is 22.1. The van der Waals surface area contributed by atoms with E-state index in [0.29, 0.717) is 22.0 Å². The van der Waals surface area contributed by atoms with Crippen molar-refractivity contribution in [3.05, 3.63) is 93.2 Å². The van der Waals surface area contributed by atoms with Crippen LogP contribution in [-0.2, 0) is 15.0 Å². The van der Waals surface area contributed by atoms with Crippen LogP contribution in [0.15, 0.2) is 60.7 Å². The first-order chi connectivity index (χ1) is 19.4. The second kappa shape index (κ2) is 10.5. The maximum Gasteiger partial charge on any atom is 0.248 e. The Kier molecular flexibility index (Phi) is 7.28. The number of nitrogens with zero attached hydrogens (tertiary/aromatic N) is 1. The summed E-state index contributed by atoms with van der Waals surface area (Å²) >= 11 is 12.5. The van der Waals surface area contributed by atoms with Crippen molar-refractivity contribution >= 4 is 52.3 Å². The van der Waals surface area contributed by atoms with Crippen molar-refractivity contribution in [1.82, 2.24) is 5.32 Å². The lowest BCUT2D eigenvalue weighted by atomic mass is 9.62. The molecule has 41 heavy (non-hydrogen) atoms. The minimum Gasteiger partial charge on any atom is -0.366 e. The number of rotatable bonds is 6. The summed E-state index contributed by atoms with van der Waals surface area (Å²) in [7, 11) is 0. The number of halogens is 3. The molecule has 3 aromatic rings. The molecule has 0 radical (unpaired) electrons. The van der Waals surface area contributed by atoms with E-state index >= 15 is 4.39 Å². The number of fused-ring (bicyclic) bond motifs is 2. The van der Waals surface area contributed by atoms with Gasteiger partial charge < -0.3 is 21.7 Å². The van der Waals surface area contributed by atoms with Gasteiger partial charge in [0.2, 0.25) is 17.7 Å². The maximum atomic E-state index is 15.8. The van der Waals surface area contributed by atoms with Gasteiger partial charge in [0, 0.05) is 33.9 Å². The van der Waals surface area contributed by atoms with Crippen molar-refractivity contribution in [2.75, 3.05) is 10.6 Å². The van der Waals surface area contributed by atoms with Crippen LogP contribution in [0, 0.1) is 22.6 Å². The molecular weight excluding hydrogens is 568 g/mol. The van der Waals surface area contributed by atoms with Gasteiger partial charge in [-0.15, -0.1) is 0 Å². The van der Waals surface area contributed by atoms with E-state index in [-0.39, 0.29) is 22.6 Å². The van der Waals surface area contributed by atoms with E-state index in [1.165, 1.54) is 36.4 Å². The summed E-state index contributed by atoms with van der Waals surface area (Å²) in [5.74, 6) is -3.44. The number of nitrogens with two attached hydrogens (primary N) is 1. The van der Waals surface area contributed by atoms with Gasteiger partial charge in [0.1, 0.15) is 11.2 Å². The Bertz CT molecular complexity index is 1620. The lowest BCUT2D eigenvalue weighted by molar-refractivity contribution is -0.122. The fourth-order valence-corrected chi connectivity index (χ4v) is 6.39. The molecule has 210 valence electrons. The first-order valence-electron chi connectivity index (χ1n) is 12.8. The lowest BCUT2D eigenvalue weighted by Crippen LogP contribution is -2.50. The summed E-state index contributed by atoms with van der Waals surface area (Å²) in [6.07, 6.45) is 0.161. The van der Waals surface area contributed by atoms with Gasteiger partial charge in [0.15, 0.2) is 0 Å². The van der Waals surface area contributed by atoms with E-state index in [2.05, 4.69) is 22.0 Å². The van der Waals surface area contributed by atoms with Crippen molar-refractivity contribution in [1.29, 1.82) is 5.26 Å². The summed E-state index contributed by atoms with van der Waals surface area (Å²) in [5, 5.41) is 19.1. The van der Waals surface area contributed by atoms with Gasteiger partial charge in [0.25, 0.3) is 0 Å². The molecule has 1 spiro atoms. The molecule has 1 fully saturated rings. The van der Waals surface area contributed by atoms with Gasteiger partial charge >= 0.3 is 0 Å². The highest BCUT2D eigenvalue weighted by Crippen LogP contribution is 2.57. The normalized spacial score (nSPS) is 23.1. The minimum atomic E-state index is -1.50. The highest BCUT2D eigenvalue weighted by Gasteiger charge is 2.66. The average Bonchev–Trinajstić information content (AvgIpc) is 3.40. The Balaban J connectivity index is 1.70. The molecule has 2 heterocycles. The molecular formula is C30H26Cl2FN5O3. The third kappa shape index (κ3) is 4.82. The highest BCUT2D eigenvalue weighted by molar-refractivity contribution is 6.31. The van der Waals surface area contributed by atoms with Crippen LogP contribution in [0.1, 0.15) is 47.7 Å². The molecule has 11 heteroatoms. The molecule has 0 aliphatic carbocycles. The summed E-state index contributed by atoms with van der Waals surface area (Å²) in [5.41, 5.74) is 4.59. The molecule has 3 amide bonds. The Morgan fingerprint density at radius 1 is 1.15 bits per heavy atom. The van der Waals surface area contributed by atoms with Crippen LogP contribution in [0.2, 0.25) is 10.0 Å². The maximum absolute atomic E-state index is 15.8. The second-order valence-corrected chi connectivity index (χ2v) is 11.8. The number of nitriles is 1. The van der Waals surface area contributed by atoms with Crippen molar-refractivity contribution in [2.24, 2.45) is 11.1 Å². The fraction of sp³-hybridized carbons (Fsp3) is 0.267. The van der Waals surface area contributed by atoms with E-state index in [1.807, 2.05) is 0 Å². The van der Waals surface area contributed by atoms with Crippen molar-refractivity contribution in [2.45, 2.75) is 43.7 Å². The summed E-state index contributed by atoms with van der Waals surface area (Å²) in [4.78, 5) is 39.6. The van der Waals surface area contributed by atoms with Crippen molar-refractivity contribution < 1.29 is 18.8 Å². The third-order valence-corrected chi connectivity index (χ3v) is 8.39. The van der Waals surface area contributed by atoms with E-state index in [4.69, 9.17) is 28.9 Å². The van der Waals surface area contributed by atoms with Gasteiger partial charge in [-0.1, -0.05) is 41.4 Å². The second-order valence-electron chi connectivity index (χ2n) is 11.0. The number of hydrogen-bond acceptors (Lipinski definition) is 5. The molecule has 1 saturated heterocycles. The predicted molar refractivity (Wildman–Crippen MR) is 154 cm³/mol. The standard InChI is InChI=1S/C30H26Cl2FN5O3/c1-29(2,14-34)13-22-30(19-11-8-16(31)12-21(19)37-28(30)41)23(18-4-3-5-20(32)24(18)33)25(38-22)27(40)36-17-9-6-15(7-10-17)26(35)39/h3-12,22-23,25,38H,13H2,1-2H3,(H2,35,39)(H,36,40)(H,37,41)/t22-,23-,25+,30+/m0/s1. The zero-order chi connectivity index (χ0) is 29.7. The van der Waals surface area contributed by atoms with Crippen LogP contribution in [0.4, 0.5) is 15.8 Å². The van der Waals surface area contributed by atoms with E-state index in [1.54, 1.807) is 38.1 Å². The van der Waals surface area contributed by atoms with E-state index in [0.717, 1.165) is 0 Å². The molecule has 5 N–H and O–H groups in total. The third-order valence-electron chi connectivity index (χ3n) is 7.86. The van der Waals surface area contributed by atoms with Crippen LogP contribution in [0.25, 0.3) is 0 Å². The number of primary amides is 1. The van der Waals surface area contributed by atoms with Crippen LogP contribution in [0.3, 0.4) is 0 Å². The molecule has 0 saturated carbocycles. The Morgan fingerprint density at radius 2 is 1.85 bits per heavy atom. The minimum absolute atomic E-state index is 0.0736. The number of carbonyl (C=O) groups excluding carboxylic acids is 3. The summed E-state index contributed by atoms with van der Waals surface area (Å²) in [6.45, 7) is 3.47. The zero-order valence-corrected chi connectivity index (χ0v) is 23.6. The number of anilines is 2. The van der Waals surface area contributed by atoms with Gasteiger partial charge in [-0.2, -0.15) is 5.26 Å². The van der Waals surface area contributed by atoms with E-state index in [9.17, 15) is 19.6 Å². The largest absolute Gasteiger partial charge is 0.366 e. The molecule has 8 nitrogen and oxygen atoms in total. The quantitative estimate of drug-likeness (QED) is 0.314. The SMILES string of the molecule is CC(C)(C#N)C[C@@H]1N[C@@H](C(=O)Nc2ccc(C(N)=O)cc2)[C@H](c2cccc(Cl)c2F)[C@]12C(=O)Nc1cc(Cl)ccc12. The summed E-state index contributed by atoms with van der Waals surface area (Å²) in [6, 6.07) is 15.8.